The summed E-state index contributed by atoms with van der Waals surface area (Å²) in [5, 5.41) is 0. The molecule has 28 heavy (non-hydrogen) atoms. The van der Waals surface area contributed by atoms with E-state index in [1.54, 1.807) is 0 Å². The molecule has 3 aromatic rings. The Morgan fingerprint density at radius 2 is 1.57 bits per heavy atom. The molecule has 1 fully saturated rings. The van der Waals surface area contributed by atoms with Crippen LogP contribution in [0.4, 0.5) is 14.6 Å². The molecule has 0 radical (unpaired) electrons. The van der Waals surface area contributed by atoms with Crippen molar-refractivity contribution < 1.29 is 17.2 Å². The number of nitrogens with zero attached hydrogens (tertiary/aromatic N) is 5. The molecule has 2 aromatic heterocycles. The molecule has 0 amide bonds. The fraction of sp³-hybridized carbons (Fsp3) is 0.222. The first-order valence-corrected chi connectivity index (χ1v) is 10.0. The van der Waals surface area contributed by atoms with E-state index in [-0.39, 0.29) is 13.1 Å². The molecule has 0 bridgehead atoms. The lowest BCUT2D eigenvalue weighted by atomic mass is 10.3. The normalized spacial score (nSPS) is 15.7. The Kier molecular flexibility index (Phi) is 4.82. The molecule has 0 N–H and O–H groups in total. The molecule has 0 aliphatic carbocycles. The second-order valence-corrected chi connectivity index (χ2v) is 8.20. The van der Waals surface area contributed by atoms with Gasteiger partial charge in [-0.1, -0.05) is 0 Å². The highest BCUT2D eigenvalue weighted by atomic mass is 32.2. The first kappa shape index (κ1) is 18.5. The lowest BCUT2D eigenvalue weighted by Crippen LogP contribution is -2.49. The maximum Gasteiger partial charge on any atom is 0.246 e. The smallest absolute Gasteiger partial charge is 0.246 e. The molecular weight excluding hydrogens is 388 g/mol. The first-order valence-electron chi connectivity index (χ1n) is 8.61. The van der Waals surface area contributed by atoms with Crippen LogP contribution < -0.4 is 4.90 Å². The van der Waals surface area contributed by atoms with Crippen molar-refractivity contribution in [2.75, 3.05) is 31.1 Å². The number of halogens is 2. The summed E-state index contributed by atoms with van der Waals surface area (Å²) in [5.74, 6) is -0.514. The van der Waals surface area contributed by atoms with Crippen LogP contribution in [0.1, 0.15) is 0 Å². The van der Waals surface area contributed by atoms with Crippen LogP contribution in [0.3, 0.4) is 0 Å². The van der Waals surface area contributed by atoms with Crippen LogP contribution in [0, 0.1) is 11.6 Å². The van der Waals surface area contributed by atoms with Gasteiger partial charge in [0.2, 0.25) is 10.0 Å². The summed E-state index contributed by atoms with van der Waals surface area (Å²) in [5.41, 5.74) is 0. The minimum atomic E-state index is -4.03. The van der Waals surface area contributed by atoms with Crippen LogP contribution in [0.5, 0.6) is 0 Å². The van der Waals surface area contributed by atoms with Crippen molar-refractivity contribution in [3.63, 3.8) is 0 Å². The molecule has 10 heteroatoms. The summed E-state index contributed by atoms with van der Waals surface area (Å²) in [6.45, 7) is 1.12. The Labute approximate surface area is 160 Å². The maximum absolute atomic E-state index is 13.9. The van der Waals surface area contributed by atoms with E-state index in [1.807, 2.05) is 40.1 Å². The average Bonchev–Trinajstić information content (AvgIpc) is 3.23. The highest BCUT2D eigenvalue weighted by Gasteiger charge is 2.31. The van der Waals surface area contributed by atoms with Crippen molar-refractivity contribution in [3.05, 3.63) is 66.8 Å². The van der Waals surface area contributed by atoms with E-state index in [9.17, 15) is 17.2 Å². The standard InChI is InChI=1S/C18H17F2N5O2S/c19-14-3-4-16(15(20)11-14)28(26,27)25-9-7-24(8-10-25)18-12-17(21-13-22-18)23-5-1-2-6-23/h1-6,11-13H,7-10H2. The topological polar surface area (TPSA) is 71.3 Å². The van der Waals surface area contributed by atoms with E-state index in [1.165, 1.54) is 10.6 Å². The van der Waals surface area contributed by atoms with Crippen LogP contribution >= 0.6 is 0 Å². The summed E-state index contributed by atoms with van der Waals surface area (Å²) in [6, 6.07) is 8.08. The molecule has 3 heterocycles. The van der Waals surface area contributed by atoms with Crippen LogP contribution in [-0.4, -0.2) is 53.4 Å². The predicted octanol–water partition coefficient (Wildman–Crippen LogP) is 2.06. The van der Waals surface area contributed by atoms with Crippen LogP contribution in [0.2, 0.25) is 0 Å². The molecule has 0 saturated carbocycles. The van der Waals surface area contributed by atoms with Gasteiger partial charge in [0.25, 0.3) is 0 Å². The minimum Gasteiger partial charge on any atom is -0.354 e. The zero-order chi connectivity index (χ0) is 19.7. The number of piperazine rings is 1. The second kappa shape index (κ2) is 7.28. The quantitative estimate of drug-likeness (QED) is 0.665. The largest absolute Gasteiger partial charge is 0.354 e. The summed E-state index contributed by atoms with van der Waals surface area (Å²) in [4.78, 5) is 9.94. The molecule has 1 aromatic carbocycles. The molecule has 1 aliphatic rings. The third kappa shape index (κ3) is 3.48. The Hall–Kier alpha value is -2.85. The van der Waals surface area contributed by atoms with Gasteiger partial charge >= 0.3 is 0 Å². The van der Waals surface area contributed by atoms with Crippen molar-refractivity contribution in [2.45, 2.75) is 4.90 Å². The van der Waals surface area contributed by atoms with Gasteiger partial charge in [-0.15, -0.1) is 0 Å². The minimum absolute atomic E-state index is 0.169. The maximum atomic E-state index is 13.9. The zero-order valence-electron chi connectivity index (χ0n) is 14.7. The van der Waals surface area contributed by atoms with Gasteiger partial charge in [-0.3, -0.25) is 0 Å². The van der Waals surface area contributed by atoms with E-state index >= 15 is 0 Å². The fourth-order valence-electron chi connectivity index (χ4n) is 3.12. The van der Waals surface area contributed by atoms with E-state index in [2.05, 4.69) is 9.97 Å². The first-order chi connectivity index (χ1) is 13.4. The van der Waals surface area contributed by atoms with Gasteiger partial charge in [0.1, 0.15) is 34.5 Å². The number of rotatable bonds is 4. The number of aromatic nitrogens is 3. The molecule has 0 unspecified atom stereocenters. The van der Waals surface area contributed by atoms with Crippen molar-refractivity contribution >= 4 is 15.8 Å². The Balaban J connectivity index is 1.50. The summed E-state index contributed by atoms with van der Waals surface area (Å²) in [7, 11) is -4.03. The van der Waals surface area contributed by atoms with Gasteiger partial charge < -0.3 is 9.47 Å². The highest BCUT2D eigenvalue weighted by Crippen LogP contribution is 2.23. The Morgan fingerprint density at radius 1 is 0.893 bits per heavy atom. The summed E-state index contributed by atoms with van der Waals surface area (Å²) >= 11 is 0. The van der Waals surface area contributed by atoms with E-state index < -0.39 is 26.6 Å². The number of anilines is 1. The number of benzene rings is 1. The molecule has 1 aliphatic heterocycles. The van der Waals surface area contributed by atoms with Gasteiger partial charge in [0.05, 0.1) is 0 Å². The third-order valence-corrected chi connectivity index (χ3v) is 6.51. The molecule has 1 saturated heterocycles. The molecule has 7 nitrogen and oxygen atoms in total. The highest BCUT2D eigenvalue weighted by molar-refractivity contribution is 7.89. The third-order valence-electron chi connectivity index (χ3n) is 4.58. The van der Waals surface area contributed by atoms with Gasteiger partial charge in [0.15, 0.2) is 0 Å². The molecule has 146 valence electrons. The Bertz CT molecular complexity index is 1080. The fourth-order valence-corrected chi connectivity index (χ4v) is 4.59. The lowest BCUT2D eigenvalue weighted by molar-refractivity contribution is 0.381. The van der Waals surface area contributed by atoms with Gasteiger partial charge in [0, 0.05) is 50.7 Å². The summed E-state index contributed by atoms with van der Waals surface area (Å²) in [6.07, 6.45) is 5.20. The van der Waals surface area contributed by atoms with Gasteiger partial charge in [-0.05, 0) is 24.3 Å². The molecular formula is C18H17F2N5O2S. The SMILES string of the molecule is O=S(=O)(c1ccc(F)cc1F)N1CCN(c2cc(-n3cccc3)ncn2)CC1. The van der Waals surface area contributed by atoms with Crippen molar-refractivity contribution in [1.29, 1.82) is 0 Å². The van der Waals surface area contributed by atoms with E-state index in [4.69, 9.17) is 0 Å². The van der Waals surface area contributed by atoms with Gasteiger partial charge in [-0.2, -0.15) is 4.31 Å². The zero-order valence-corrected chi connectivity index (χ0v) is 15.6. The number of hydrogen-bond donors (Lipinski definition) is 0. The summed E-state index contributed by atoms with van der Waals surface area (Å²) < 4.78 is 55.5. The van der Waals surface area contributed by atoms with Crippen molar-refractivity contribution in [3.8, 4) is 5.82 Å². The van der Waals surface area contributed by atoms with Crippen molar-refractivity contribution in [1.82, 2.24) is 18.8 Å². The van der Waals surface area contributed by atoms with Crippen LogP contribution in [0.25, 0.3) is 5.82 Å². The number of sulfonamides is 1. The molecule has 4 rings (SSSR count). The Morgan fingerprint density at radius 3 is 2.25 bits per heavy atom. The van der Waals surface area contributed by atoms with E-state index in [0.717, 1.165) is 12.1 Å². The monoisotopic (exact) mass is 405 g/mol. The number of hydrogen-bond acceptors (Lipinski definition) is 5. The lowest BCUT2D eigenvalue weighted by Gasteiger charge is -2.34. The predicted molar refractivity (Wildman–Crippen MR) is 98.7 cm³/mol. The van der Waals surface area contributed by atoms with Crippen molar-refractivity contribution in [2.24, 2.45) is 0 Å². The van der Waals surface area contributed by atoms with Crippen LogP contribution in [-0.2, 0) is 10.0 Å². The molecule has 0 atom stereocenters. The average molecular weight is 405 g/mol. The molecule has 0 spiro atoms. The van der Waals surface area contributed by atoms with Crippen LogP contribution in [0.15, 0.2) is 60.0 Å². The van der Waals surface area contributed by atoms with Gasteiger partial charge in [-0.25, -0.2) is 27.2 Å². The second-order valence-electron chi connectivity index (χ2n) is 6.29. The van der Waals surface area contributed by atoms with E-state index in [0.29, 0.717) is 30.8 Å².